The Balaban J connectivity index is 1.55. The Kier molecular flexibility index (Phi) is 8.94. The summed E-state index contributed by atoms with van der Waals surface area (Å²) < 4.78 is 12.7. The Hall–Kier alpha value is -3.32. The van der Waals surface area contributed by atoms with Gasteiger partial charge in [-0.05, 0) is 43.2 Å². The fourth-order valence-electron chi connectivity index (χ4n) is 3.01. The molecular formula is C24H31N5O2. The van der Waals surface area contributed by atoms with Crippen molar-refractivity contribution in [2.45, 2.75) is 19.8 Å². The Bertz CT molecular complexity index is 940. The van der Waals surface area contributed by atoms with E-state index in [0.717, 1.165) is 48.0 Å². The fourth-order valence-corrected chi connectivity index (χ4v) is 3.01. The molecule has 0 aliphatic rings. The molecule has 7 heteroatoms. The summed E-state index contributed by atoms with van der Waals surface area (Å²) in [6.45, 7) is 4.81. The quantitative estimate of drug-likeness (QED) is 0.279. The Morgan fingerprint density at radius 2 is 1.97 bits per heavy atom. The van der Waals surface area contributed by atoms with Crippen LogP contribution < -0.4 is 15.4 Å². The van der Waals surface area contributed by atoms with Gasteiger partial charge < -0.3 is 20.1 Å². The van der Waals surface area contributed by atoms with E-state index in [1.54, 1.807) is 7.11 Å². The van der Waals surface area contributed by atoms with Gasteiger partial charge in [0, 0.05) is 51.2 Å². The first kappa shape index (κ1) is 22.4. The molecule has 3 aromatic rings. The average molecular weight is 422 g/mol. The van der Waals surface area contributed by atoms with Crippen molar-refractivity contribution in [3.63, 3.8) is 0 Å². The number of aromatic nitrogens is 2. The smallest absolute Gasteiger partial charge is 0.195 e. The lowest BCUT2D eigenvalue weighted by Crippen LogP contribution is -2.30. The number of aliphatic imine (C=N–C) groups is 1. The van der Waals surface area contributed by atoms with Crippen molar-refractivity contribution >= 4 is 11.6 Å². The molecule has 31 heavy (non-hydrogen) atoms. The number of benzene rings is 2. The lowest BCUT2D eigenvalue weighted by Gasteiger charge is -2.13. The van der Waals surface area contributed by atoms with Crippen LogP contribution >= 0.6 is 0 Å². The molecule has 0 saturated carbocycles. The number of rotatable bonds is 11. The van der Waals surface area contributed by atoms with Crippen LogP contribution in [0.4, 0.5) is 5.69 Å². The molecule has 7 nitrogen and oxygen atoms in total. The molecule has 0 spiro atoms. The fraction of sp³-hybridized carbons (Fsp3) is 0.333. The maximum absolute atomic E-state index is 5.78. The number of hydrogen-bond acceptors (Lipinski definition) is 4. The molecule has 3 rings (SSSR count). The molecule has 164 valence electrons. The Morgan fingerprint density at radius 1 is 1.10 bits per heavy atom. The Morgan fingerprint density at radius 3 is 2.77 bits per heavy atom. The maximum atomic E-state index is 5.78. The third-order valence-corrected chi connectivity index (χ3v) is 4.53. The molecule has 0 aliphatic carbocycles. The highest BCUT2D eigenvalue weighted by atomic mass is 16.5. The SMILES string of the molecule is CCNC(=NCCc1cnn(-c2ccccc2)c1)Nc1cccc(OCCCOC)c1. The second-order valence-electron chi connectivity index (χ2n) is 6.99. The van der Waals surface area contributed by atoms with Crippen molar-refractivity contribution in [2.75, 3.05) is 38.7 Å². The van der Waals surface area contributed by atoms with E-state index < -0.39 is 0 Å². The third kappa shape index (κ3) is 7.46. The second-order valence-corrected chi connectivity index (χ2v) is 6.99. The Labute approximate surface area is 184 Å². The number of ether oxygens (including phenoxy) is 2. The summed E-state index contributed by atoms with van der Waals surface area (Å²) in [6, 6.07) is 18.0. The summed E-state index contributed by atoms with van der Waals surface area (Å²) in [6.07, 6.45) is 5.62. The predicted molar refractivity (Wildman–Crippen MR) is 125 cm³/mol. The molecular weight excluding hydrogens is 390 g/mol. The summed E-state index contributed by atoms with van der Waals surface area (Å²) in [7, 11) is 1.70. The van der Waals surface area contributed by atoms with E-state index in [4.69, 9.17) is 14.5 Å². The normalized spacial score (nSPS) is 11.4. The van der Waals surface area contributed by atoms with Crippen molar-refractivity contribution in [1.82, 2.24) is 15.1 Å². The number of hydrogen-bond donors (Lipinski definition) is 2. The van der Waals surface area contributed by atoms with Gasteiger partial charge in [0.15, 0.2) is 5.96 Å². The van der Waals surface area contributed by atoms with Crippen molar-refractivity contribution < 1.29 is 9.47 Å². The standard InChI is InChI=1S/C24H31N5O2/c1-3-25-24(28-21-9-7-12-23(17-21)31-16-8-15-30-2)26-14-13-20-18-27-29(19-20)22-10-5-4-6-11-22/h4-7,9-12,17-19H,3,8,13-16H2,1-2H3,(H2,25,26,28). The van der Waals surface area contributed by atoms with Gasteiger partial charge in [0.05, 0.1) is 18.5 Å². The van der Waals surface area contributed by atoms with Crippen molar-refractivity contribution in [3.8, 4) is 11.4 Å². The first-order valence-electron chi connectivity index (χ1n) is 10.6. The van der Waals surface area contributed by atoms with E-state index in [2.05, 4.69) is 28.9 Å². The number of guanidine groups is 1. The minimum absolute atomic E-state index is 0.627. The average Bonchev–Trinajstić information content (AvgIpc) is 3.27. The van der Waals surface area contributed by atoms with Crippen LogP contribution in [-0.4, -0.2) is 49.2 Å². The minimum atomic E-state index is 0.627. The second kappa shape index (κ2) is 12.4. The van der Waals surface area contributed by atoms with Gasteiger partial charge in [-0.3, -0.25) is 4.99 Å². The molecule has 2 N–H and O–H groups in total. The van der Waals surface area contributed by atoms with Crippen molar-refractivity contribution in [1.29, 1.82) is 0 Å². The highest BCUT2D eigenvalue weighted by Crippen LogP contribution is 2.17. The van der Waals surface area contributed by atoms with Gasteiger partial charge in [-0.25, -0.2) is 4.68 Å². The number of nitrogens with zero attached hydrogens (tertiary/aromatic N) is 3. The van der Waals surface area contributed by atoms with Gasteiger partial charge in [-0.2, -0.15) is 5.10 Å². The highest BCUT2D eigenvalue weighted by molar-refractivity contribution is 5.93. The van der Waals surface area contributed by atoms with Gasteiger partial charge in [0.1, 0.15) is 5.75 Å². The monoisotopic (exact) mass is 421 g/mol. The molecule has 0 unspecified atom stereocenters. The van der Waals surface area contributed by atoms with E-state index in [9.17, 15) is 0 Å². The molecule has 0 saturated heterocycles. The number of methoxy groups -OCH3 is 1. The summed E-state index contributed by atoms with van der Waals surface area (Å²) in [5.41, 5.74) is 3.13. The van der Waals surface area contributed by atoms with E-state index in [1.165, 1.54) is 0 Å². The first-order valence-corrected chi connectivity index (χ1v) is 10.6. The first-order chi connectivity index (χ1) is 15.3. The largest absolute Gasteiger partial charge is 0.493 e. The molecule has 1 aromatic heterocycles. The van der Waals surface area contributed by atoms with Crippen LogP contribution in [0, 0.1) is 0 Å². The summed E-state index contributed by atoms with van der Waals surface area (Å²) >= 11 is 0. The van der Waals surface area contributed by atoms with Crippen LogP contribution in [0.2, 0.25) is 0 Å². The van der Waals surface area contributed by atoms with Crippen molar-refractivity contribution in [2.24, 2.45) is 4.99 Å². The topological polar surface area (TPSA) is 72.7 Å². The molecule has 0 radical (unpaired) electrons. The summed E-state index contributed by atoms with van der Waals surface area (Å²) in [5.74, 6) is 1.57. The van der Waals surface area contributed by atoms with Gasteiger partial charge >= 0.3 is 0 Å². The molecule has 0 fully saturated rings. The zero-order valence-corrected chi connectivity index (χ0v) is 18.3. The zero-order chi connectivity index (χ0) is 21.7. The molecule has 1 heterocycles. The van der Waals surface area contributed by atoms with Crippen LogP contribution in [0.3, 0.4) is 0 Å². The zero-order valence-electron chi connectivity index (χ0n) is 18.3. The third-order valence-electron chi connectivity index (χ3n) is 4.53. The van der Waals surface area contributed by atoms with Crippen LogP contribution in [-0.2, 0) is 11.2 Å². The van der Waals surface area contributed by atoms with Crippen LogP contribution in [0.1, 0.15) is 18.9 Å². The highest BCUT2D eigenvalue weighted by Gasteiger charge is 2.03. The molecule has 2 aromatic carbocycles. The summed E-state index contributed by atoms with van der Waals surface area (Å²) in [5, 5.41) is 11.1. The molecule has 0 aliphatic heterocycles. The predicted octanol–water partition coefficient (Wildman–Crippen LogP) is 3.91. The molecule has 0 bridgehead atoms. The lowest BCUT2D eigenvalue weighted by molar-refractivity contribution is 0.172. The van der Waals surface area contributed by atoms with E-state index in [-0.39, 0.29) is 0 Å². The molecule has 0 amide bonds. The van der Waals surface area contributed by atoms with Gasteiger partial charge in [-0.1, -0.05) is 24.3 Å². The van der Waals surface area contributed by atoms with E-state index >= 15 is 0 Å². The lowest BCUT2D eigenvalue weighted by atomic mass is 10.2. The van der Waals surface area contributed by atoms with Crippen LogP contribution in [0.25, 0.3) is 5.69 Å². The van der Waals surface area contributed by atoms with Crippen molar-refractivity contribution in [3.05, 3.63) is 72.6 Å². The number of nitrogens with one attached hydrogen (secondary N) is 2. The van der Waals surface area contributed by atoms with E-state index in [1.807, 2.05) is 65.5 Å². The van der Waals surface area contributed by atoms with Gasteiger partial charge in [0.25, 0.3) is 0 Å². The maximum Gasteiger partial charge on any atom is 0.195 e. The minimum Gasteiger partial charge on any atom is -0.493 e. The number of anilines is 1. The van der Waals surface area contributed by atoms with Gasteiger partial charge in [0.2, 0.25) is 0 Å². The van der Waals surface area contributed by atoms with Crippen LogP contribution in [0.5, 0.6) is 5.75 Å². The van der Waals surface area contributed by atoms with Gasteiger partial charge in [-0.15, -0.1) is 0 Å². The number of para-hydroxylation sites is 1. The van der Waals surface area contributed by atoms with E-state index in [0.29, 0.717) is 19.8 Å². The summed E-state index contributed by atoms with van der Waals surface area (Å²) in [4.78, 5) is 4.70. The van der Waals surface area contributed by atoms with Crippen LogP contribution in [0.15, 0.2) is 72.0 Å². The molecule has 0 atom stereocenters.